The van der Waals surface area contributed by atoms with Crippen LogP contribution in [0.15, 0.2) is 59.1 Å². The molecule has 1 amide bonds. The maximum atomic E-state index is 13.6. The summed E-state index contributed by atoms with van der Waals surface area (Å²) in [4.78, 5) is 19.0. The van der Waals surface area contributed by atoms with E-state index in [1.54, 1.807) is 23.5 Å². The lowest BCUT2D eigenvalue weighted by molar-refractivity contribution is -0.131. The van der Waals surface area contributed by atoms with Crippen molar-refractivity contribution in [3.05, 3.63) is 83.2 Å². The first-order chi connectivity index (χ1) is 18.7. The number of carbonyl (C=O) groups is 1. The molecule has 2 N–H and O–H groups in total. The highest BCUT2D eigenvalue weighted by atomic mass is 32.1. The van der Waals surface area contributed by atoms with Crippen LogP contribution in [0.3, 0.4) is 0 Å². The molecule has 0 aliphatic carbocycles. The van der Waals surface area contributed by atoms with E-state index >= 15 is 0 Å². The van der Waals surface area contributed by atoms with Gasteiger partial charge in [0.15, 0.2) is 0 Å². The van der Waals surface area contributed by atoms with Gasteiger partial charge in [-0.1, -0.05) is 12.8 Å². The number of likely N-dealkylation sites (tertiary alicyclic amines) is 1. The van der Waals surface area contributed by atoms with E-state index in [-0.39, 0.29) is 24.1 Å². The van der Waals surface area contributed by atoms with Gasteiger partial charge in [0.25, 0.3) is 0 Å². The number of aromatic nitrogens is 1. The molecule has 39 heavy (non-hydrogen) atoms. The number of carbonyl (C=O) groups excluding carboxylic acids is 1. The molecule has 0 radical (unpaired) electrons. The molecule has 4 aromatic rings. The van der Waals surface area contributed by atoms with Gasteiger partial charge in [-0.3, -0.25) is 15.1 Å². The Morgan fingerprint density at radius 1 is 1.23 bits per heavy atom. The van der Waals surface area contributed by atoms with E-state index < -0.39 is 12.0 Å². The predicted octanol–water partition coefficient (Wildman–Crippen LogP) is 5.21. The summed E-state index contributed by atoms with van der Waals surface area (Å²) in [6.45, 7) is 1.14. The molecule has 0 spiro atoms. The van der Waals surface area contributed by atoms with Gasteiger partial charge >= 0.3 is 0 Å². The van der Waals surface area contributed by atoms with Crippen LogP contribution in [-0.2, 0) is 11.2 Å². The molecule has 204 valence electrons. The number of rotatable bonds is 7. The molecule has 0 bridgehead atoms. The zero-order chi connectivity index (χ0) is 27.7. The van der Waals surface area contributed by atoms with Crippen LogP contribution in [-0.4, -0.2) is 48.1 Å². The second-order valence-electron chi connectivity index (χ2n) is 9.80. The average Bonchev–Trinajstić information content (AvgIpc) is 3.32. The highest BCUT2D eigenvalue weighted by Gasteiger charge is 2.30. The monoisotopic (exact) mass is 552 g/mol. The second-order valence-corrected chi connectivity index (χ2v) is 10.4. The van der Waals surface area contributed by atoms with Crippen LogP contribution in [0.1, 0.15) is 41.8 Å². The van der Waals surface area contributed by atoms with Crippen molar-refractivity contribution in [2.75, 3.05) is 31.5 Å². The Balaban J connectivity index is 1.52. The topological polar surface area (TPSA) is 81.8 Å². The van der Waals surface area contributed by atoms with Gasteiger partial charge in [-0.05, 0) is 67.9 Å². The number of fused-ring (bicyclic) bond motifs is 1. The van der Waals surface area contributed by atoms with Crippen molar-refractivity contribution in [2.45, 2.75) is 31.4 Å². The Labute approximate surface area is 231 Å². The fourth-order valence-electron chi connectivity index (χ4n) is 5.24. The number of aliphatic hydroxyl groups is 1. The SMILES string of the molecule is CNC(O)c1c(-c2ccc(F)cc2)oc2cc(N(C)S)c([C@@H]3CCCN(C(=O)Cc4ccc(F)cn4)C3)cc12. The summed E-state index contributed by atoms with van der Waals surface area (Å²) in [6.07, 6.45) is 1.89. The number of anilines is 1. The molecule has 1 unspecified atom stereocenters. The van der Waals surface area contributed by atoms with Crippen LogP contribution >= 0.6 is 12.8 Å². The summed E-state index contributed by atoms with van der Waals surface area (Å²) in [6, 6.07) is 12.7. The third kappa shape index (κ3) is 5.63. The molecular weight excluding hydrogens is 522 g/mol. The van der Waals surface area contributed by atoms with Crippen molar-refractivity contribution in [1.82, 2.24) is 15.2 Å². The minimum atomic E-state index is -1.02. The molecule has 2 aromatic carbocycles. The Kier molecular flexibility index (Phi) is 7.88. The van der Waals surface area contributed by atoms with Gasteiger partial charge in [-0.15, -0.1) is 0 Å². The fraction of sp³-hybridized carbons (Fsp3) is 0.310. The zero-order valence-electron chi connectivity index (χ0n) is 21.7. The van der Waals surface area contributed by atoms with E-state index in [4.69, 9.17) is 4.42 Å². The number of aliphatic hydroxyl groups excluding tert-OH is 1. The number of hydrogen-bond acceptors (Lipinski definition) is 7. The van der Waals surface area contributed by atoms with Crippen molar-refractivity contribution < 1.29 is 23.1 Å². The first-order valence-electron chi connectivity index (χ1n) is 12.8. The van der Waals surface area contributed by atoms with Crippen LogP contribution in [0.2, 0.25) is 0 Å². The van der Waals surface area contributed by atoms with Crippen molar-refractivity contribution in [1.29, 1.82) is 0 Å². The smallest absolute Gasteiger partial charge is 0.228 e. The lowest BCUT2D eigenvalue weighted by Crippen LogP contribution is -2.40. The summed E-state index contributed by atoms with van der Waals surface area (Å²) >= 11 is 4.58. The first-order valence-corrected chi connectivity index (χ1v) is 13.2. The predicted molar refractivity (Wildman–Crippen MR) is 149 cm³/mol. The summed E-state index contributed by atoms with van der Waals surface area (Å²) in [5.74, 6) is -0.398. The first kappa shape index (κ1) is 27.1. The molecule has 1 saturated heterocycles. The van der Waals surface area contributed by atoms with E-state index in [0.717, 1.165) is 35.7 Å². The van der Waals surface area contributed by atoms with Crippen LogP contribution in [0.4, 0.5) is 14.5 Å². The third-order valence-corrected chi connectivity index (χ3v) is 7.43. The molecule has 10 heteroatoms. The van der Waals surface area contributed by atoms with Gasteiger partial charge in [-0.2, -0.15) is 0 Å². The second kappa shape index (κ2) is 11.3. The summed E-state index contributed by atoms with van der Waals surface area (Å²) in [7, 11) is 3.47. The van der Waals surface area contributed by atoms with Gasteiger partial charge in [0.05, 0.1) is 18.3 Å². The number of halogens is 2. The maximum absolute atomic E-state index is 13.6. The number of amides is 1. The number of nitrogens with zero attached hydrogens (tertiary/aromatic N) is 3. The van der Waals surface area contributed by atoms with Crippen LogP contribution in [0, 0.1) is 11.6 Å². The molecule has 5 rings (SSSR count). The number of piperidine rings is 1. The molecule has 1 aliphatic rings. The van der Waals surface area contributed by atoms with E-state index in [1.807, 2.05) is 24.1 Å². The Bertz CT molecular complexity index is 1470. The van der Waals surface area contributed by atoms with Crippen LogP contribution in [0.25, 0.3) is 22.3 Å². The molecular formula is C29H30F2N4O3S. The molecule has 1 aliphatic heterocycles. The molecule has 3 heterocycles. The van der Waals surface area contributed by atoms with Crippen molar-refractivity contribution in [3.8, 4) is 11.3 Å². The minimum Gasteiger partial charge on any atom is -0.456 e. The van der Waals surface area contributed by atoms with Gasteiger partial charge in [0, 0.05) is 54.3 Å². The molecule has 7 nitrogen and oxygen atoms in total. The van der Waals surface area contributed by atoms with E-state index in [2.05, 4.69) is 23.1 Å². The van der Waals surface area contributed by atoms with Crippen LogP contribution in [0.5, 0.6) is 0 Å². The quantitative estimate of drug-likeness (QED) is 0.216. The maximum Gasteiger partial charge on any atom is 0.228 e. The van der Waals surface area contributed by atoms with Crippen LogP contribution < -0.4 is 9.62 Å². The molecule has 2 aromatic heterocycles. The number of hydrogen-bond donors (Lipinski definition) is 3. The van der Waals surface area contributed by atoms with Gasteiger partial charge < -0.3 is 18.7 Å². The number of furan rings is 1. The summed E-state index contributed by atoms with van der Waals surface area (Å²) in [5.41, 5.74) is 4.09. The number of benzene rings is 2. The lowest BCUT2D eigenvalue weighted by Gasteiger charge is -2.34. The highest BCUT2D eigenvalue weighted by Crippen LogP contribution is 2.43. The molecule has 1 fully saturated rings. The van der Waals surface area contributed by atoms with E-state index in [0.29, 0.717) is 41.3 Å². The van der Waals surface area contributed by atoms with Gasteiger partial charge in [0.1, 0.15) is 29.2 Å². The molecule has 2 atom stereocenters. The molecule has 0 saturated carbocycles. The Morgan fingerprint density at radius 2 is 1.97 bits per heavy atom. The summed E-state index contributed by atoms with van der Waals surface area (Å²) < 4.78 is 34.8. The van der Waals surface area contributed by atoms with Crippen molar-refractivity contribution >= 4 is 35.4 Å². The number of pyridine rings is 1. The van der Waals surface area contributed by atoms with Gasteiger partial charge in [-0.25, -0.2) is 8.78 Å². The third-order valence-electron chi connectivity index (χ3n) is 7.21. The average molecular weight is 553 g/mol. The van der Waals surface area contributed by atoms with Crippen molar-refractivity contribution in [3.63, 3.8) is 0 Å². The lowest BCUT2D eigenvalue weighted by atomic mass is 9.87. The number of nitrogens with one attached hydrogen (secondary N) is 1. The van der Waals surface area contributed by atoms with E-state index in [9.17, 15) is 18.7 Å². The summed E-state index contributed by atoms with van der Waals surface area (Å²) in [5, 5.41) is 14.5. The normalized spacial score (nSPS) is 16.5. The Morgan fingerprint density at radius 3 is 2.64 bits per heavy atom. The zero-order valence-corrected chi connectivity index (χ0v) is 22.6. The fourth-order valence-corrected chi connectivity index (χ4v) is 5.42. The minimum absolute atomic E-state index is 0.0154. The van der Waals surface area contributed by atoms with Crippen molar-refractivity contribution in [2.24, 2.45) is 0 Å². The standard InChI is InChI=1S/C29H30F2N4O3S/c1-32-29(37)27-23-13-22(18-4-3-11-35(16-18)26(36)12-21-10-9-20(31)15-33-21)24(34(2)39)14-25(23)38-28(27)17-5-7-19(30)8-6-17/h5-10,13-15,18,29,32,37,39H,3-4,11-12,16H2,1-2H3/t18-,29?/m1/s1. The Hall–Kier alpha value is -3.47. The van der Waals surface area contributed by atoms with Gasteiger partial charge in [0.2, 0.25) is 5.91 Å². The number of thiol groups is 1. The van der Waals surface area contributed by atoms with E-state index in [1.165, 1.54) is 24.3 Å². The largest absolute Gasteiger partial charge is 0.456 e. The highest BCUT2D eigenvalue weighted by molar-refractivity contribution is 7.81.